The highest BCUT2D eigenvalue weighted by molar-refractivity contribution is 5.90. The number of hydrogen-bond donors (Lipinski definition) is 1. The van der Waals surface area contributed by atoms with Crippen molar-refractivity contribution in [2.75, 3.05) is 0 Å². The molecular formula is C28H25FN4O6. The smallest absolute Gasteiger partial charge is 0.335 e. The van der Waals surface area contributed by atoms with Crippen molar-refractivity contribution in [1.82, 2.24) is 19.7 Å². The van der Waals surface area contributed by atoms with Gasteiger partial charge in [0, 0.05) is 12.5 Å². The SMILES string of the molecule is CC(=O)OC(=O)Cc1nc(C)c(C)nc1C.O=Cc1c(-c2ccc(C(=O)O)cc2)cnn1-c1ccc(F)cc1. The van der Waals surface area contributed by atoms with E-state index in [2.05, 4.69) is 19.8 Å². The highest BCUT2D eigenvalue weighted by atomic mass is 19.1. The molecule has 0 aliphatic rings. The second-order valence-corrected chi connectivity index (χ2v) is 8.40. The number of carboxylic acid groups (broad SMARTS) is 1. The van der Waals surface area contributed by atoms with Gasteiger partial charge in [0.1, 0.15) is 11.5 Å². The highest BCUT2D eigenvalue weighted by Crippen LogP contribution is 2.25. The molecule has 4 rings (SSSR count). The van der Waals surface area contributed by atoms with Gasteiger partial charge in [0.2, 0.25) is 0 Å². The second kappa shape index (κ2) is 12.5. The molecule has 0 aliphatic carbocycles. The van der Waals surface area contributed by atoms with Crippen LogP contribution >= 0.6 is 0 Å². The van der Waals surface area contributed by atoms with Crippen LogP contribution in [0.4, 0.5) is 4.39 Å². The molecule has 0 atom stereocenters. The largest absolute Gasteiger partial charge is 0.478 e. The third kappa shape index (κ3) is 7.25. The number of hydrogen-bond acceptors (Lipinski definition) is 8. The Morgan fingerprint density at radius 2 is 1.56 bits per heavy atom. The standard InChI is InChI=1S/C17H11FN2O3.C11H14N2O3/c18-13-5-7-14(8-6-13)20-16(10-21)15(9-19-20)11-1-3-12(4-2-11)17(22)23;1-6-7(2)13-10(8(3)12-6)5-11(15)16-9(4)14/h1-10H,(H,22,23);5H2,1-4H3. The van der Waals surface area contributed by atoms with E-state index < -0.39 is 17.9 Å². The first-order chi connectivity index (χ1) is 18.5. The van der Waals surface area contributed by atoms with Gasteiger partial charge in [0.25, 0.3) is 0 Å². The first kappa shape index (κ1) is 28.5. The van der Waals surface area contributed by atoms with Gasteiger partial charge in [-0.15, -0.1) is 0 Å². The molecule has 2 heterocycles. The molecule has 0 aliphatic heterocycles. The van der Waals surface area contributed by atoms with Crippen molar-refractivity contribution in [1.29, 1.82) is 0 Å². The van der Waals surface area contributed by atoms with Gasteiger partial charge in [-0.3, -0.25) is 24.4 Å². The summed E-state index contributed by atoms with van der Waals surface area (Å²) in [6.07, 6.45) is 2.15. The molecule has 0 amide bonds. The number of carbonyl (C=O) groups excluding carboxylic acids is 3. The number of ether oxygens (including phenoxy) is 1. The van der Waals surface area contributed by atoms with E-state index in [1.165, 1.54) is 54.2 Å². The first-order valence-corrected chi connectivity index (χ1v) is 11.6. The normalized spacial score (nSPS) is 10.3. The Kier molecular flexibility index (Phi) is 9.11. The molecule has 11 heteroatoms. The minimum atomic E-state index is -1.02. The molecule has 2 aromatic heterocycles. The maximum Gasteiger partial charge on any atom is 0.335 e. The van der Waals surface area contributed by atoms with Gasteiger partial charge in [-0.2, -0.15) is 5.10 Å². The van der Waals surface area contributed by atoms with E-state index in [0.29, 0.717) is 40.2 Å². The van der Waals surface area contributed by atoms with E-state index in [0.717, 1.165) is 11.4 Å². The van der Waals surface area contributed by atoms with Crippen LogP contribution < -0.4 is 0 Å². The van der Waals surface area contributed by atoms with E-state index in [-0.39, 0.29) is 17.8 Å². The summed E-state index contributed by atoms with van der Waals surface area (Å²) < 4.78 is 18.9. The van der Waals surface area contributed by atoms with Crippen LogP contribution in [0.1, 0.15) is 50.5 Å². The molecule has 2 aromatic carbocycles. The predicted molar refractivity (Wildman–Crippen MR) is 138 cm³/mol. The van der Waals surface area contributed by atoms with E-state index in [4.69, 9.17) is 5.11 Å². The average molecular weight is 533 g/mol. The number of carboxylic acids is 1. The molecule has 10 nitrogen and oxygen atoms in total. The molecule has 0 saturated carbocycles. The lowest BCUT2D eigenvalue weighted by Crippen LogP contribution is -2.14. The van der Waals surface area contributed by atoms with Crippen LogP contribution in [-0.2, 0) is 20.7 Å². The summed E-state index contributed by atoms with van der Waals surface area (Å²) in [6, 6.07) is 11.8. The fraction of sp³-hybridized carbons (Fsp3) is 0.179. The molecule has 200 valence electrons. The van der Waals surface area contributed by atoms with Crippen LogP contribution in [0, 0.1) is 26.6 Å². The molecule has 1 N–H and O–H groups in total. The Morgan fingerprint density at radius 1 is 0.949 bits per heavy atom. The average Bonchev–Trinajstić information content (AvgIpc) is 3.32. The van der Waals surface area contributed by atoms with Crippen LogP contribution in [0.5, 0.6) is 0 Å². The number of aromatic carboxylic acids is 1. The summed E-state index contributed by atoms with van der Waals surface area (Å²) in [5.41, 5.74) is 5.11. The van der Waals surface area contributed by atoms with Gasteiger partial charge in [0.05, 0.1) is 46.6 Å². The third-order valence-electron chi connectivity index (χ3n) is 5.58. The van der Waals surface area contributed by atoms with E-state index >= 15 is 0 Å². The number of halogens is 1. The topological polar surface area (TPSA) is 141 Å². The van der Waals surface area contributed by atoms with Crippen molar-refractivity contribution >= 4 is 24.2 Å². The van der Waals surface area contributed by atoms with E-state index in [9.17, 15) is 23.6 Å². The zero-order valence-electron chi connectivity index (χ0n) is 21.6. The zero-order valence-corrected chi connectivity index (χ0v) is 21.6. The number of benzene rings is 2. The quantitative estimate of drug-likeness (QED) is 0.219. The summed E-state index contributed by atoms with van der Waals surface area (Å²) in [4.78, 5) is 52.7. The maximum absolute atomic E-state index is 13.0. The monoisotopic (exact) mass is 532 g/mol. The summed E-state index contributed by atoms with van der Waals surface area (Å²) in [6.45, 7) is 6.64. The van der Waals surface area contributed by atoms with Crippen molar-refractivity contribution < 1.29 is 33.4 Å². The minimum absolute atomic E-state index is 0.0282. The zero-order chi connectivity index (χ0) is 28.7. The van der Waals surface area contributed by atoms with Gasteiger partial charge in [0.15, 0.2) is 6.29 Å². The molecule has 4 aromatic rings. The lowest BCUT2D eigenvalue weighted by atomic mass is 10.0. The minimum Gasteiger partial charge on any atom is -0.478 e. The number of nitrogens with zero attached hydrogens (tertiary/aromatic N) is 4. The summed E-state index contributed by atoms with van der Waals surface area (Å²) in [5, 5.41) is 13.1. The number of carbonyl (C=O) groups is 4. The molecule has 0 unspecified atom stereocenters. The Balaban J connectivity index is 0.000000231. The third-order valence-corrected chi connectivity index (χ3v) is 5.58. The van der Waals surface area contributed by atoms with Gasteiger partial charge in [-0.1, -0.05) is 12.1 Å². The van der Waals surface area contributed by atoms with Crippen LogP contribution in [0.2, 0.25) is 0 Å². The predicted octanol–water partition coefficient (Wildman–Crippen LogP) is 4.22. The van der Waals surface area contributed by atoms with Crippen LogP contribution in [0.3, 0.4) is 0 Å². The molecule has 0 fully saturated rings. The highest BCUT2D eigenvalue weighted by Gasteiger charge is 2.15. The Labute approximate surface area is 223 Å². The Hall–Kier alpha value is -5.06. The van der Waals surface area contributed by atoms with Crippen molar-refractivity contribution in [2.45, 2.75) is 34.1 Å². The molecule has 0 spiro atoms. The number of rotatable bonds is 6. The first-order valence-electron chi connectivity index (χ1n) is 11.6. The molecule has 0 bridgehead atoms. The van der Waals surface area contributed by atoms with Crippen LogP contribution in [0.15, 0.2) is 54.7 Å². The van der Waals surface area contributed by atoms with Crippen molar-refractivity contribution in [2.24, 2.45) is 0 Å². The van der Waals surface area contributed by atoms with E-state index in [1.54, 1.807) is 19.1 Å². The van der Waals surface area contributed by atoms with Gasteiger partial charge < -0.3 is 9.84 Å². The Bertz CT molecular complexity index is 1530. The number of aromatic nitrogens is 4. The second-order valence-electron chi connectivity index (χ2n) is 8.40. The summed E-state index contributed by atoms with van der Waals surface area (Å²) in [5.74, 6) is -2.61. The fourth-order valence-corrected chi connectivity index (χ4v) is 3.54. The van der Waals surface area contributed by atoms with Crippen LogP contribution in [-0.4, -0.2) is 49.0 Å². The van der Waals surface area contributed by atoms with E-state index in [1.807, 2.05) is 13.8 Å². The molecule has 39 heavy (non-hydrogen) atoms. The van der Waals surface area contributed by atoms with Gasteiger partial charge in [-0.05, 0) is 62.7 Å². The summed E-state index contributed by atoms with van der Waals surface area (Å²) >= 11 is 0. The summed E-state index contributed by atoms with van der Waals surface area (Å²) in [7, 11) is 0. The maximum atomic E-state index is 13.0. The Morgan fingerprint density at radius 3 is 2.13 bits per heavy atom. The van der Waals surface area contributed by atoms with Crippen molar-refractivity contribution in [3.8, 4) is 16.8 Å². The molecular weight excluding hydrogens is 507 g/mol. The number of aryl methyl sites for hydroxylation is 3. The van der Waals surface area contributed by atoms with Gasteiger partial charge in [-0.25, -0.2) is 13.9 Å². The lowest BCUT2D eigenvalue weighted by molar-refractivity contribution is -0.157. The lowest BCUT2D eigenvalue weighted by Gasteiger charge is -2.06. The van der Waals surface area contributed by atoms with Crippen molar-refractivity contribution in [3.63, 3.8) is 0 Å². The molecule has 0 radical (unpaired) electrons. The van der Waals surface area contributed by atoms with Crippen molar-refractivity contribution in [3.05, 3.63) is 94.6 Å². The molecule has 0 saturated heterocycles. The van der Waals surface area contributed by atoms with Gasteiger partial charge >= 0.3 is 17.9 Å². The number of esters is 2. The number of aldehydes is 1. The fourth-order valence-electron chi connectivity index (χ4n) is 3.54. The van der Waals surface area contributed by atoms with Crippen LogP contribution in [0.25, 0.3) is 16.8 Å².